The minimum Gasteiger partial charge on any atom is -0.493 e. The molecule has 0 amide bonds. The molecule has 35 heavy (non-hydrogen) atoms. The van der Waals surface area contributed by atoms with E-state index in [4.69, 9.17) is 28.2 Å². The Kier molecular flexibility index (Phi) is 7.00. The van der Waals surface area contributed by atoms with Crippen LogP contribution < -0.4 is 23.7 Å². The maximum absolute atomic E-state index is 13.4. The predicted octanol–water partition coefficient (Wildman–Crippen LogP) is 5.30. The second-order valence-corrected chi connectivity index (χ2v) is 7.24. The second kappa shape index (κ2) is 10.3. The highest BCUT2D eigenvalue weighted by Crippen LogP contribution is 2.41. The van der Waals surface area contributed by atoms with Crippen LogP contribution in [0.1, 0.15) is 5.56 Å². The molecule has 1 heterocycles. The van der Waals surface area contributed by atoms with Crippen molar-refractivity contribution in [1.82, 2.24) is 10.1 Å². The largest absolute Gasteiger partial charge is 0.493 e. The fraction of sp³-hybridized carbons (Fsp3) is 0.200. The standard InChI is InChI=1S/C25H22F2N2O6/c1-30-20-10-15(6-8-19(20)34-13-14-5-7-17(26)18(27)9-14)24-28-25(35-29-24)16-11-21(31-2)23(33-4)22(12-16)32-3/h5-12H,13H2,1-4H3. The van der Waals surface area contributed by atoms with Crippen molar-refractivity contribution >= 4 is 0 Å². The summed E-state index contributed by atoms with van der Waals surface area (Å²) in [6.45, 7) is 0.0282. The van der Waals surface area contributed by atoms with Gasteiger partial charge in [-0.3, -0.25) is 0 Å². The average Bonchev–Trinajstić information content (AvgIpc) is 3.38. The zero-order valence-electron chi connectivity index (χ0n) is 19.4. The number of hydrogen-bond donors (Lipinski definition) is 0. The third-order valence-electron chi connectivity index (χ3n) is 5.14. The van der Waals surface area contributed by atoms with Gasteiger partial charge in [-0.2, -0.15) is 4.98 Å². The zero-order valence-corrected chi connectivity index (χ0v) is 19.4. The van der Waals surface area contributed by atoms with E-state index in [0.717, 1.165) is 12.1 Å². The van der Waals surface area contributed by atoms with E-state index < -0.39 is 11.6 Å². The molecule has 0 aliphatic carbocycles. The van der Waals surface area contributed by atoms with Crippen LogP contribution >= 0.6 is 0 Å². The maximum Gasteiger partial charge on any atom is 0.258 e. The normalized spacial score (nSPS) is 10.7. The van der Waals surface area contributed by atoms with E-state index in [9.17, 15) is 8.78 Å². The third kappa shape index (κ3) is 4.96. The molecule has 0 radical (unpaired) electrons. The fourth-order valence-electron chi connectivity index (χ4n) is 3.38. The molecule has 0 N–H and O–H groups in total. The number of benzene rings is 3. The van der Waals surface area contributed by atoms with Crippen LogP contribution in [0, 0.1) is 11.6 Å². The molecular formula is C25H22F2N2O6. The summed E-state index contributed by atoms with van der Waals surface area (Å²) >= 11 is 0. The molecule has 8 nitrogen and oxygen atoms in total. The van der Waals surface area contributed by atoms with E-state index in [1.165, 1.54) is 34.5 Å². The van der Waals surface area contributed by atoms with Gasteiger partial charge in [0.05, 0.1) is 28.4 Å². The number of hydrogen-bond acceptors (Lipinski definition) is 8. The van der Waals surface area contributed by atoms with E-state index in [2.05, 4.69) is 10.1 Å². The minimum atomic E-state index is -0.937. The molecule has 0 aliphatic heterocycles. The maximum atomic E-state index is 13.4. The van der Waals surface area contributed by atoms with Crippen molar-refractivity contribution in [2.24, 2.45) is 0 Å². The SMILES string of the molecule is COc1cc(-c2noc(-c3cc(OC)c(OC)c(OC)c3)n2)ccc1OCc1ccc(F)c(F)c1. The lowest BCUT2D eigenvalue weighted by molar-refractivity contribution is 0.284. The first-order chi connectivity index (χ1) is 17.0. The second-order valence-electron chi connectivity index (χ2n) is 7.24. The lowest BCUT2D eigenvalue weighted by Gasteiger charge is -2.12. The number of nitrogens with zero attached hydrogens (tertiary/aromatic N) is 2. The summed E-state index contributed by atoms with van der Waals surface area (Å²) in [7, 11) is 6.04. The van der Waals surface area contributed by atoms with Crippen molar-refractivity contribution in [3.63, 3.8) is 0 Å². The van der Waals surface area contributed by atoms with Gasteiger partial charge in [0.15, 0.2) is 34.6 Å². The number of rotatable bonds is 9. The first-order valence-corrected chi connectivity index (χ1v) is 10.4. The van der Waals surface area contributed by atoms with E-state index in [1.54, 1.807) is 30.3 Å². The van der Waals surface area contributed by atoms with Gasteiger partial charge >= 0.3 is 0 Å². The van der Waals surface area contributed by atoms with Crippen molar-refractivity contribution in [2.45, 2.75) is 6.61 Å². The Morgan fingerprint density at radius 1 is 0.714 bits per heavy atom. The molecule has 10 heteroatoms. The van der Waals surface area contributed by atoms with Gasteiger partial charge in [0, 0.05) is 11.1 Å². The van der Waals surface area contributed by atoms with Crippen LogP contribution in [-0.2, 0) is 6.61 Å². The van der Waals surface area contributed by atoms with Crippen LogP contribution in [0.2, 0.25) is 0 Å². The van der Waals surface area contributed by atoms with Crippen molar-refractivity contribution in [3.05, 3.63) is 65.7 Å². The molecule has 0 saturated heterocycles. The third-order valence-corrected chi connectivity index (χ3v) is 5.14. The molecule has 0 fully saturated rings. The quantitative estimate of drug-likeness (QED) is 0.317. The Morgan fingerprint density at radius 3 is 2.03 bits per heavy atom. The average molecular weight is 484 g/mol. The minimum absolute atomic E-state index is 0.0282. The molecule has 0 spiro atoms. The van der Waals surface area contributed by atoms with Crippen LogP contribution in [-0.4, -0.2) is 38.6 Å². The number of aromatic nitrogens is 2. The number of ether oxygens (including phenoxy) is 5. The van der Waals surface area contributed by atoms with E-state index >= 15 is 0 Å². The first kappa shape index (κ1) is 23.8. The molecular weight excluding hydrogens is 462 g/mol. The van der Waals surface area contributed by atoms with Crippen LogP contribution in [0.5, 0.6) is 28.7 Å². The molecule has 0 unspecified atom stereocenters. The Balaban J connectivity index is 1.58. The molecule has 0 atom stereocenters. The van der Waals surface area contributed by atoms with Gasteiger partial charge in [0.1, 0.15) is 6.61 Å². The number of halogens is 2. The van der Waals surface area contributed by atoms with Gasteiger partial charge in [0.25, 0.3) is 5.89 Å². The van der Waals surface area contributed by atoms with Gasteiger partial charge in [-0.05, 0) is 48.0 Å². The summed E-state index contributed by atoms with van der Waals surface area (Å²) in [5.74, 6) is 0.878. The highest BCUT2D eigenvalue weighted by molar-refractivity contribution is 5.68. The molecule has 0 bridgehead atoms. The predicted molar refractivity (Wildman–Crippen MR) is 122 cm³/mol. The zero-order chi connectivity index (χ0) is 24.9. The summed E-state index contributed by atoms with van der Waals surface area (Å²) < 4.78 is 59.3. The van der Waals surface area contributed by atoms with Gasteiger partial charge in [-0.1, -0.05) is 11.2 Å². The van der Waals surface area contributed by atoms with Crippen LogP contribution in [0.15, 0.2) is 53.1 Å². The lowest BCUT2D eigenvalue weighted by Crippen LogP contribution is -1.99. The van der Waals surface area contributed by atoms with Crippen LogP contribution in [0.3, 0.4) is 0 Å². The van der Waals surface area contributed by atoms with Crippen molar-refractivity contribution < 1.29 is 37.0 Å². The van der Waals surface area contributed by atoms with Crippen molar-refractivity contribution in [2.75, 3.05) is 28.4 Å². The monoisotopic (exact) mass is 484 g/mol. The van der Waals surface area contributed by atoms with Gasteiger partial charge in [-0.15, -0.1) is 0 Å². The van der Waals surface area contributed by atoms with Gasteiger partial charge < -0.3 is 28.2 Å². The highest BCUT2D eigenvalue weighted by Gasteiger charge is 2.19. The highest BCUT2D eigenvalue weighted by atomic mass is 19.2. The molecule has 0 saturated carbocycles. The van der Waals surface area contributed by atoms with E-state index in [0.29, 0.717) is 51.3 Å². The summed E-state index contributed by atoms with van der Waals surface area (Å²) in [5, 5.41) is 4.06. The van der Waals surface area contributed by atoms with Crippen LogP contribution in [0.4, 0.5) is 8.78 Å². The Morgan fingerprint density at radius 2 is 1.40 bits per heavy atom. The summed E-state index contributed by atoms with van der Waals surface area (Å²) in [4.78, 5) is 4.47. The topological polar surface area (TPSA) is 85.1 Å². The summed E-state index contributed by atoms with van der Waals surface area (Å²) in [6.07, 6.45) is 0. The number of methoxy groups -OCH3 is 4. The van der Waals surface area contributed by atoms with E-state index in [-0.39, 0.29) is 12.5 Å². The Labute approximate surface area is 200 Å². The molecule has 1 aromatic heterocycles. The molecule has 4 aromatic rings. The van der Waals surface area contributed by atoms with E-state index in [1.807, 2.05) is 0 Å². The summed E-state index contributed by atoms with van der Waals surface area (Å²) in [6, 6.07) is 12.1. The molecule has 0 aliphatic rings. The van der Waals surface area contributed by atoms with Crippen molar-refractivity contribution in [3.8, 4) is 51.6 Å². The van der Waals surface area contributed by atoms with Gasteiger partial charge in [-0.25, -0.2) is 8.78 Å². The first-order valence-electron chi connectivity index (χ1n) is 10.4. The van der Waals surface area contributed by atoms with Crippen LogP contribution in [0.25, 0.3) is 22.8 Å². The van der Waals surface area contributed by atoms with Crippen molar-refractivity contribution in [1.29, 1.82) is 0 Å². The summed E-state index contributed by atoms with van der Waals surface area (Å²) in [5.41, 5.74) is 1.67. The molecule has 182 valence electrons. The molecule has 3 aromatic carbocycles. The van der Waals surface area contributed by atoms with Gasteiger partial charge in [0.2, 0.25) is 11.6 Å². The Bertz CT molecular complexity index is 1320. The Hall–Kier alpha value is -4.34. The lowest BCUT2D eigenvalue weighted by atomic mass is 10.1. The smallest absolute Gasteiger partial charge is 0.258 e. The molecule has 4 rings (SSSR count). The fourth-order valence-corrected chi connectivity index (χ4v) is 3.38.